The highest BCUT2D eigenvalue weighted by molar-refractivity contribution is 9.10. The first-order chi connectivity index (χ1) is 5.55. The molecule has 12 heavy (non-hydrogen) atoms. The lowest BCUT2D eigenvalue weighted by molar-refractivity contribution is 0.428. The van der Waals surface area contributed by atoms with Crippen LogP contribution in [0.15, 0.2) is 15.9 Å². The maximum atomic E-state index is 3.54. The van der Waals surface area contributed by atoms with Crippen LogP contribution in [0.1, 0.15) is 18.7 Å². The van der Waals surface area contributed by atoms with Gasteiger partial charge in [0, 0.05) is 14.7 Å². The molecule has 0 bridgehead atoms. The summed E-state index contributed by atoms with van der Waals surface area (Å²) in [5.74, 6) is 0. The zero-order chi connectivity index (χ0) is 9.19. The monoisotopic (exact) mass is 310 g/mol. The van der Waals surface area contributed by atoms with Crippen LogP contribution in [0.4, 0.5) is 0 Å². The average Bonchev–Trinajstić information content (AvgIpc) is 2.36. The SMILES string of the molecule is CC(C)(CBr)Cc1sccc1Br. The van der Waals surface area contributed by atoms with Gasteiger partial charge in [-0.2, -0.15) is 0 Å². The lowest BCUT2D eigenvalue weighted by atomic mass is 9.91. The van der Waals surface area contributed by atoms with Crippen LogP contribution in [0.2, 0.25) is 0 Å². The first kappa shape index (κ1) is 10.7. The Kier molecular flexibility index (Phi) is 3.80. The fourth-order valence-corrected chi connectivity index (χ4v) is 2.88. The molecule has 0 nitrogen and oxygen atoms in total. The molecule has 0 aromatic carbocycles. The summed E-state index contributed by atoms with van der Waals surface area (Å²) < 4.78 is 1.25. The van der Waals surface area contributed by atoms with E-state index < -0.39 is 0 Å². The zero-order valence-electron chi connectivity index (χ0n) is 7.23. The van der Waals surface area contributed by atoms with E-state index in [1.807, 2.05) is 11.3 Å². The van der Waals surface area contributed by atoms with Crippen molar-refractivity contribution in [1.82, 2.24) is 0 Å². The van der Waals surface area contributed by atoms with E-state index in [0.717, 1.165) is 11.8 Å². The smallest absolute Gasteiger partial charge is 0.0314 e. The largest absolute Gasteiger partial charge is 0.148 e. The molecule has 0 aliphatic heterocycles. The van der Waals surface area contributed by atoms with Crippen LogP contribution >= 0.6 is 43.2 Å². The molecule has 0 unspecified atom stereocenters. The van der Waals surface area contributed by atoms with Gasteiger partial charge in [0.1, 0.15) is 0 Å². The molecule has 1 heterocycles. The second-order valence-corrected chi connectivity index (χ2v) is 6.08. The van der Waals surface area contributed by atoms with Gasteiger partial charge in [0.25, 0.3) is 0 Å². The van der Waals surface area contributed by atoms with E-state index in [9.17, 15) is 0 Å². The van der Waals surface area contributed by atoms with Gasteiger partial charge >= 0.3 is 0 Å². The summed E-state index contributed by atoms with van der Waals surface area (Å²) in [5.41, 5.74) is 0.355. The molecule has 0 aliphatic carbocycles. The summed E-state index contributed by atoms with van der Waals surface area (Å²) >= 11 is 8.90. The molecule has 0 saturated carbocycles. The summed E-state index contributed by atoms with van der Waals surface area (Å²) in [5, 5.41) is 3.17. The standard InChI is InChI=1S/C9H12Br2S/c1-9(2,6-10)5-8-7(11)3-4-12-8/h3-4H,5-6H2,1-2H3. The molecule has 0 fully saturated rings. The average molecular weight is 312 g/mol. The van der Waals surface area contributed by atoms with Crippen molar-refractivity contribution in [1.29, 1.82) is 0 Å². The third kappa shape index (κ3) is 2.86. The Labute approximate surface area is 94.6 Å². The number of hydrogen-bond donors (Lipinski definition) is 0. The highest BCUT2D eigenvalue weighted by atomic mass is 79.9. The van der Waals surface area contributed by atoms with Crippen molar-refractivity contribution in [3.63, 3.8) is 0 Å². The fourth-order valence-electron chi connectivity index (χ4n) is 0.933. The van der Waals surface area contributed by atoms with E-state index >= 15 is 0 Å². The van der Waals surface area contributed by atoms with E-state index in [1.54, 1.807) is 0 Å². The number of rotatable bonds is 3. The highest BCUT2D eigenvalue weighted by Crippen LogP contribution is 2.31. The van der Waals surface area contributed by atoms with Crippen molar-refractivity contribution >= 4 is 43.2 Å². The Morgan fingerprint density at radius 1 is 1.50 bits per heavy atom. The van der Waals surface area contributed by atoms with Crippen molar-refractivity contribution in [2.75, 3.05) is 5.33 Å². The predicted molar refractivity (Wildman–Crippen MR) is 63.3 cm³/mol. The Morgan fingerprint density at radius 2 is 2.17 bits per heavy atom. The van der Waals surface area contributed by atoms with E-state index in [4.69, 9.17) is 0 Å². The van der Waals surface area contributed by atoms with E-state index in [-0.39, 0.29) is 0 Å². The number of alkyl halides is 1. The van der Waals surface area contributed by atoms with Crippen LogP contribution in [0.25, 0.3) is 0 Å². The lowest BCUT2D eigenvalue weighted by Crippen LogP contribution is -2.15. The molecular formula is C9H12Br2S. The van der Waals surface area contributed by atoms with Crippen molar-refractivity contribution < 1.29 is 0 Å². The molecule has 0 saturated heterocycles. The summed E-state index contributed by atoms with van der Waals surface area (Å²) in [7, 11) is 0. The van der Waals surface area contributed by atoms with E-state index in [2.05, 4.69) is 57.2 Å². The second kappa shape index (κ2) is 4.25. The molecule has 3 heteroatoms. The van der Waals surface area contributed by atoms with Gasteiger partial charge in [-0.3, -0.25) is 0 Å². The van der Waals surface area contributed by atoms with Crippen LogP contribution in [-0.2, 0) is 6.42 Å². The normalized spacial score (nSPS) is 12.0. The van der Waals surface area contributed by atoms with Crippen molar-refractivity contribution in [3.8, 4) is 0 Å². The molecule has 0 spiro atoms. The zero-order valence-corrected chi connectivity index (χ0v) is 11.2. The Balaban J connectivity index is 2.70. The number of halogens is 2. The molecule has 0 radical (unpaired) electrons. The molecule has 0 N–H and O–H groups in total. The van der Waals surface area contributed by atoms with Crippen molar-refractivity contribution in [3.05, 3.63) is 20.8 Å². The summed E-state index contributed by atoms with van der Waals surface area (Å²) in [6, 6.07) is 2.12. The van der Waals surface area contributed by atoms with Crippen LogP contribution in [0.5, 0.6) is 0 Å². The molecule has 68 valence electrons. The molecule has 0 aliphatic rings. The van der Waals surface area contributed by atoms with Crippen LogP contribution in [0.3, 0.4) is 0 Å². The Bertz CT molecular complexity index is 253. The molecule has 1 aromatic rings. The minimum absolute atomic E-state index is 0.355. The molecule has 1 aromatic heterocycles. The number of thiophene rings is 1. The van der Waals surface area contributed by atoms with E-state index in [1.165, 1.54) is 9.35 Å². The second-order valence-electron chi connectivity index (χ2n) is 3.67. The quantitative estimate of drug-likeness (QED) is 0.722. The molecular weight excluding hydrogens is 300 g/mol. The summed E-state index contributed by atoms with van der Waals surface area (Å²) in [6.45, 7) is 4.54. The van der Waals surface area contributed by atoms with Gasteiger partial charge in [-0.05, 0) is 39.2 Å². The minimum atomic E-state index is 0.355. The van der Waals surface area contributed by atoms with E-state index in [0.29, 0.717) is 5.41 Å². The Morgan fingerprint density at radius 3 is 2.58 bits per heavy atom. The summed E-state index contributed by atoms with van der Waals surface area (Å²) in [6.07, 6.45) is 1.14. The summed E-state index contributed by atoms with van der Waals surface area (Å²) in [4.78, 5) is 1.44. The lowest BCUT2D eigenvalue weighted by Gasteiger charge is -2.20. The fraction of sp³-hybridized carbons (Fsp3) is 0.556. The maximum Gasteiger partial charge on any atom is 0.0314 e. The number of hydrogen-bond acceptors (Lipinski definition) is 1. The third-order valence-corrected chi connectivity index (χ3v) is 5.14. The van der Waals surface area contributed by atoms with Gasteiger partial charge in [0.15, 0.2) is 0 Å². The first-order valence-corrected chi connectivity index (χ1v) is 6.62. The van der Waals surface area contributed by atoms with Gasteiger partial charge in [-0.1, -0.05) is 29.8 Å². The van der Waals surface area contributed by atoms with Gasteiger partial charge in [-0.15, -0.1) is 11.3 Å². The Hall–Kier alpha value is 0.660. The maximum absolute atomic E-state index is 3.54. The van der Waals surface area contributed by atoms with Crippen LogP contribution in [-0.4, -0.2) is 5.33 Å². The predicted octanol–water partition coefficient (Wildman–Crippen LogP) is 4.47. The highest BCUT2D eigenvalue weighted by Gasteiger charge is 2.18. The van der Waals surface area contributed by atoms with Gasteiger partial charge in [0.2, 0.25) is 0 Å². The minimum Gasteiger partial charge on any atom is -0.148 e. The molecule has 1 rings (SSSR count). The molecule has 0 amide bonds. The van der Waals surface area contributed by atoms with Crippen molar-refractivity contribution in [2.45, 2.75) is 20.3 Å². The third-order valence-electron chi connectivity index (χ3n) is 1.69. The van der Waals surface area contributed by atoms with Crippen LogP contribution < -0.4 is 0 Å². The van der Waals surface area contributed by atoms with Crippen LogP contribution in [0, 0.1) is 5.41 Å². The van der Waals surface area contributed by atoms with Gasteiger partial charge < -0.3 is 0 Å². The topological polar surface area (TPSA) is 0 Å². The van der Waals surface area contributed by atoms with Crippen molar-refractivity contribution in [2.24, 2.45) is 5.41 Å². The van der Waals surface area contributed by atoms with Gasteiger partial charge in [0.05, 0.1) is 0 Å². The van der Waals surface area contributed by atoms with Gasteiger partial charge in [-0.25, -0.2) is 0 Å². The first-order valence-electron chi connectivity index (χ1n) is 3.83. The molecule has 0 atom stereocenters.